The smallest absolute Gasteiger partial charge is 0.306 e. The van der Waals surface area contributed by atoms with Crippen LogP contribution in [0.15, 0.2) is 41.5 Å². The predicted molar refractivity (Wildman–Crippen MR) is 74.1 cm³/mol. The van der Waals surface area contributed by atoms with E-state index >= 15 is 0 Å². The number of nitrogens with zero attached hydrogens (tertiary/aromatic N) is 3. The lowest BCUT2D eigenvalue weighted by molar-refractivity contribution is 0.526. The van der Waals surface area contributed by atoms with Crippen LogP contribution >= 0.6 is 0 Å². The molecule has 5 heteroatoms. The summed E-state index contributed by atoms with van der Waals surface area (Å²) in [6.07, 6.45) is 4.73. The maximum atomic E-state index is 11.9. The number of para-hydroxylation sites is 2. The molecule has 1 N–H and O–H groups in total. The van der Waals surface area contributed by atoms with Crippen LogP contribution in [0.5, 0.6) is 0 Å². The van der Waals surface area contributed by atoms with E-state index < -0.39 is 0 Å². The lowest BCUT2D eigenvalue weighted by atomic mass is 10.3. The molecule has 0 saturated carbocycles. The van der Waals surface area contributed by atoms with E-state index in [4.69, 9.17) is 0 Å². The maximum absolute atomic E-state index is 11.9. The van der Waals surface area contributed by atoms with Crippen molar-refractivity contribution in [3.63, 3.8) is 0 Å². The van der Waals surface area contributed by atoms with E-state index in [0.29, 0.717) is 6.54 Å². The first-order valence-corrected chi connectivity index (χ1v) is 6.40. The molecule has 0 fully saturated rings. The fourth-order valence-electron chi connectivity index (χ4n) is 2.31. The molecule has 0 unspecified atom stereocenters. The molecule has 0 aliphatic heterocycles. The first kappa shape index (κ1) is 11.8. The molecular weight excluding hydrogens is 240 g/mol. The quantitative estimate of drug-likeness (QED) is 0.775. The van der Waals surface area contributed by atoms with Crippen LogP contribution in [0.1, 0.15) is 12.0 Å². The van der Waals surface area contributed by atoms with Gasteiger partial charge in [-0.15, -0.1) is 0 Å². The van der Waals surface area contributed by atoms with E-state index in [1.807, 2.05) is 48.3 Å². The molecule has 0 atom stereocenters. The van der Waals surface area contributed by atoms with E-state index in [0.717, 1.165) is 29.6 Å². The van der Waals surface area contributed by atoms with Crippen LogP contribution in [0.3, 0.4) is 0 Å². The topological polar surface area (TPSA) is 55.6 Å². The van der Waals surface area contributed by atoms with E-state index in [1.165, 1.54) is 0 Å². The maximum Gasteiger partial charge on any atom is 0.326 e. The van der Waals surface area contributed by atoms with Crippen LogP contribution in [-0.2, 0) is 13.1 Å². The third-order valence-corrected chi connectivity index (χ3v) is 3.21. The van der Waals surface area contributed by atoms with Crippen molar-refractivity contribution in [2.75, 3.05) is 0 Å². The summed E-state index contributed by atoms with van der Waals surface area (Å²) in [5.74, 6) is 0. The molecule has 0 aliphatic rings. The van der Waals surface area contributed by atoms with Crippen LogP contribution in [0.2, 0.25) is 0 Å². The van der Waals surface area contributed by atoms with Crippen LogP contribution < -0.4 is 5.69 Å². The van der Waals surface area contributed by atoms with Crippen LogP contribution in [0.4, 0.5) is 0 Å². The molecule has 0 bridgehead atoms. The molecule has 2 aromatic heterocycles. The Labute approximate surface area is 110 Å². The average Bonchev–Trinajstić information content (AvgIpc) is 2.94. The van der Waals surface area contributed by atoms with Gasteiger partial charge in [0.1, 0.15) is 0 Å². The summed E-state index contributed by atoms with van der Waals surface area (Å²) >= 11 is 0. The summed E-state index contributed by atoms with van der Waals surface area (Å²) in [6.45, 7) is 3.54. The SMILES string of the molecule is Cc1cnn(CCCn2c(=O)[nH]c3ccccc32)c1. The second-order valence-electron chi connectivity index (χ2n) is 4.73. The summed E-state index contributed by atoms with van der Waals surface area (Å²) in [5.41, 5.74) is 2.97. The van der Waals surface area contributed by atoms with Gasteiger partial charge in [-0.05, 0) is 31.0 Å². The third-order valence-electron chi connectivity index (χ3n) is 3.21. The van der Waals surface area contributed by atoms with Crippen molar-refractivity contribution in [1.29, 1.82) is 0 Å². The number of H-pyrrole nitrogens is 1. The van der Waals surface area contributed by atoms with Gasteiger partial charge in [0, 0.05) is 19.3 Å². The fraction of sp³-hybridized carbons (Fsp3) is 0.286. The van der Waals surface area contributed by atoms with Crippen molar-refractivity contribution in [3.8, 4) is 0 Å². The van der Waals surface area contributed by atoms with Gasteiger partial charge in [-0.2, -0.15) is 5.10 Å². The number of aryl methyl sites for hydroxylation is 3. The van der Waals surface area contributed by atoms with Crippen molar-refractivity contribution >= 4 is 11.0 Å². The monoisotopic (exact) mass is 256 g/mol. The van der Waals surface area contributed by atoms with E-state index in [1.54, 1.807) is 4.57 Å². The van der Waals surface area contributed by atoms with Crippen molar-refractivity contribution in [3.05, 3.63) is 52.7 Å². The number of aromatic amines is 1. The van der Waals surface area contributed by atoms with Crippen LogP contribution in [0, 0.1) is 6.92 Å². The Hall–Kier alpha value is -2.30. The number of hydrogen-bond acceptors (Lipinski definition) is 2. The Morgan fingerprint density at radius 2 is 2.11 bits per heavy atom. The van der Waals surface area contributed by atoms with E-state index in [9.17, 15) is 4.79 Å². The second-order valence-corrected chi connectivity index (χ2v) is 4.73. The number of hydrogen-bond donors (Lipinski definition) is 1. The Bertz CT molecular complexity index is 750. The lowest BCUT2D eigenvalue weighted by Gasteiger charge is -2.03. The van der Waals surface area contributed by atoms with Crippen LogP contribution in [-0.4, -0.2) is 19.3 Å². The van der Waals surface area contributed by atoms with Gasteiger partial charge in [-0.1, -0.05) is 12.1 Å². The van der Waals surface area contributed by atoms with Gasteiger partial charge in [-0.3, -0.25) is 9.25 Å². The zero-order valence-electron chi connectivity index (χ0n) is 10.8. The molecule has 0 spiro atoms. The van der Waals surface area contributed by atoms with Gasteiger partial charge in [0.15, 0.2) is 0 Å². The molecule has 2 heterocycles. The fourth-order valence-corrected chi connectivity index (χ4v) is 2.31. The Morgan fingerprint density at radius 3 is 2.89 bits per heavy atom. The number of aromatic nitrogens is 4. The average molecular weight is 256 g/mol. The molecule has 98 valence electrons. The summed E-state index contributed by atoms with van der Waals surface area (Å²) in [5, 5.41) is 4.24. The van der Waals surface area contributed by atoms with Gasteiger partial charge in [0.2, 0.25) is 0 Å². The molecule has 0 radical (unpaired) electrons. The number of benzene rings is 1. The number of nitrogens with one attached hydrogen (secondary N) is 1. The Balaban J connectivity index is 1.75. The molecule has 0 amide bonds. The molecule has 0 saturated heterocycles. The van der Waals surface area contributed by atoms with Crippen LogP contribution in [0.25, 0.3) is 11.0 Å². The number of imidazole rings is 1. The third kappa shape index (κ3) is 2.31. The predicted octanol–water partition coefficient (Wildman–Crippen LogP) is 1.92. The molecule has 1 aromatic carbocycles. The number of fused-ring (bicyclic) bond motifs is 1. The highest BCUT2D eigenvalue weighted by molar-refractivity contribution is 5.74. The van der Waals surface area contributed by atoms with Crippen molar-refractivity contribution in [2.24, 2.45) is 0 Å². The second kappa shape index (κ2) is 4.76. The van der Waals surface area contributed by atoms with Crippen molar-refractivity contribution in [1.82, 2.24) is 19.3 Å². The van der Waals surface area contributed by atoms with Gasteiger partial charge in [-0.25, -0.2) is 4.79 Å². The van der Waals surface area contributed by atoms with Gasteiger partial charge < -0.3 is 4.98 Å². The zero-order chi connectivity index (χ0) is 13.2. The first-order chi connectivity index (χ1) is 9.24. The minimum absolute atomic E-state index is 0.0437. The van der Waals surface area contributed by atoms with Gasteiger partial charge in [0.05, 0.1) is 17.2 Å². The normalized spacial score (nSPS) is 11.2. The molecule has 3 rings (SSSR count). The summed E-state index contributed by atoms with van der Waals surface area (Å²) < 4.78 is 3.70. The molecular formula is C14H16N4O. The highest BCUT2D eigenvalue weighted by atomic mass is 16.1. The minimum atomic E-state index is -0.0437. The highest BCUT2D eigenvalue weighted by Crippen LogP contribution is 2.09. The van der Waals surface area contributed by atoms with Gasteiger partial charge >= 0.3 is 5.69 Å². The summed E-state index contributed by atoms with van der Waals surface area (Å²) in [7, 11) is 0. The molecule has 0 aliphatic carbocycles. The van der Waals surface area contributed by atoms with Gasteiger partial charge in [0.25, 0.3) is 0 Å². The highest BCUT2D eigenvalue weighted by Gasteiger charge is 2.05. The molecule has 5 nitrogen and oxygen atoms in total. The zero-order valence-corrected chi connectivity index (χ0v) is 10.8. The van der Waals surface area contributed by atoms with Crippen molar-refractivity contribution in [2.45, 2.75) is 26.4 Å². The van der Waals surface area contributed by atoms with E-state index in [2.05, 4.69) is 10.1 Å². The first-order valence-electron chi connectivity index (χ1n) is 6.40. The summed E-state index contributed by atoms with van der Waals surface area (Å²) in [6, 6.07) is 7.76. The van der Waals surface area contributed by atoms with Crippen molar-refractivity contribution < 1.29 is 0 Å². The number of rotatable bonds is 4. The standard InChI is InChI=1S/C14H16N4O/c1-11-9-15-17(10-11)7-4-8-18-13-6-3-2-5-12(13)16-14(18)19/h2-3,5-6,9-10H,4,7-8H2,1H3,(H,16,19). The lowest BCUT2D eigenvalue weighted by Crippen LogP contribution is -2.17. The Kier molecular flexibility index (Phi) is 2.95. The minimum Gasteiger partial charge on any atom is -0.306 e. The molecule has 19 heavy (non-hydrogen) atoms. The summed E-state index contributed by atoms with van der Waals surface area (Å²) in [4.78, 5) is 14.7. The molecule has 3 aromatic rings. The largest absolute Gasteiger partial charge is 0.326 e. The Morgan fingerprint density at radius 1 is 1.26 bits per heavy atom. The van der Waals surface area contributed by atoms with E-state index in [-0.39, 0.29) is 5.69 Å².